The van der Waals surface area contributed by atoms with Crippen LogP contribution in [0.15, 0.2) is 66.7 Å². The highest BCUT2D eigenvalue weighted by atomic mass is 16.5. The summed E-state index contributed by atoms with van der Waals surface area (Å²) in [6, 6.07) is 19.6. The minimum atomic E-state index is -1.19. The van der Waals surface area contributed by atoms with Crippen molar-refractivity contribution in [3.63, 3.8) is 0 Å². The van der Waals surface area contributed by atoms with Crippen molar-refractivity contribution >= 4 is 17.6 Å². The van der Waals surface area contributed by atoms with Crippen molar-refractivity contribution in [1.29, 1.82) is 0 Å². The lowest BCUT2D eigenvalue weighted by atomic mass is 9.87. The quantitative estimate of drug-likeness (QED) is 0.494. The number of aromatic carboxylic acids is 1. The smallest absolute Gasteiger partial charge is 0.336 e. The monoisotopic (exact) mass is 417 g/mol. The first-order valence-electron chi connectivity index (χ1n) is 10.2. The molecule has 0 saturated carbocycles. The minimum Gasteiger partial charge on any atom is -0.478 e. The van der Waals surface area contributed by atoms with Crippen LogP contribution in [0.3, 0.4) is 0 Å². The van der Waals surface area contributed by atoms with E-state index in [9.17, 15) is 14.7 Å². The zero-order valence-electron chi connectivity index (χ0n) is 18.2. The molecule has 160 valence electrons. The molecule has 31 heavy (non-hydrogen) atoms. The van der Waals surface area contributed by atoms with E-state index in [1.165, 1.54) is 17.7 Å². The van der Waals surface area contributed by atoms with Gasteiger partial charge in [0.25, 0.3) is 5.91 Å². The molecule has 0 spiro atoms. The van der Waals surface area contributed by atoms with Crippen molar-refractivity contribution in [1.82, 2.24) is 0 Å². The molecule has 5 heteroatoms. The number of amides is 1. The van der Waals surface area contributed by atoms with Gasteiger partial charge >= 0.3 is 5.97 Å². The molecular formula is C26H27NO4. The van der Waals surface area contributed by atoms with Gasteiger partial charge < -0.3 is 15.2 Å². The highest BCUT2D eigenvalue weighted by molar-refractivity contribution is 6.10. The maximum atomic E-state index is 12.8. The number of rotatable bonds is 6. The van der Waals surface area contributed by atoms with Gasteiger partial charge in [0.05, 0.1) is 11.1 Å². The number of nitrogens with one attached hydrogen (secondary N) is 1. The van der Waals surface area contributed by atoms with Gasteiger partial charge in [0.15, 0.2) is 0 Å². The molecule has 0 aliphatic heterocycles. The van der Waals surface area contributed by atoms with Crippen molar-refractivity contribution in [3.05, 3.63) is 89.0 Å². The fourth-order valence-corrected chi connectivity index (χ4v) is 3.15. The van der Waals surface area contributed by atoms with Crippen LogP contribution in [0.4, 0.5) is 5.69 Å². The summed E-state index contributed by atoms with van der Waals surface area (Å²) in [5, 5.41) is 12.5. The molecule has 0 aromatic heterocycles. The Morgan fingerprint density at radius 2 is 1.58 bits per heavy atom. The van der Waals surface area contributed by atoms with Gasteiger partial charge in [-0.1, -0.05) is 52.0 Å². The number of benzene rings is 3. The first-order chi connectivity index (χ1) is 14.7. The Morgan fingerprint density at radius 3 is 2.19 bits per heavy atom. The summed E-state index contributed by atoms with van der Waals surface area (Å²) in [6.45, 7) is 8.33. The molecule has 0 unspecified atom stereocenters. The normalized spacial score (nSPS) is 11.1. The topological polar surface area (TPSA) is 75.6 Å². The number of hydrogen-bond acceptors (Lipinski definition) is 3. The summed E-state index contributed by atoms with van der Waals surface area (Å²) in [6.07, 6.45) is 0.923. The molecule has 2 N–H and O–H groups in total. The van der Waals surface area contributed by atoms with Crippen LogP contribution >= 0.6 is 0 Å². The van der Waals surface area contributed by atoms with Gasteiger partial charge in [-0.2, -0.15) is 0 Å². The average Bonchev–Trinajstić information content (AvgIpc) is 2.73. The van der Waals surface area contributed by atoms with Gasteiger partial charge in [0, 0.05) is 5.69 Å². The van der Waals surface area contributed by atoms with Crippen LogP contribution in [0.5, 0.6) is 11.5 Å². The fraction of sp³-hybridized carbons (Fsp3) is 0.231. The largest absolute Gasteiger partial charge is 0.478 e. The van der Waals surface area contributed by atoms with E-state index < -0.39 is 11.9 Å². The lowest BCUT2D eigenvalue weighted by Crippen LogP contribution is -2.17. The molecule has 0 aliphatic rings. The van der Waals surface area contributed by atoms with Crippen LogP contribution in [-0.2, 0) is 11.8 Å². The molecule has 0 heterocycles. The highest BCUT2D eigenvalue weighted by Crippen LogP contribution is 2.27. The van der Waals surface area contributed by atoms with Crippen LogP contribution in [0.1, 0.15) is 59.5 Å². The molecule has 0 saturated heterocycles. The van der Waals surface area contributed by atoms with Crippen molar-refractivity contribution in [2.45, 2.75) is 39.5 Å². The van der Waals surface area contributed by atoms with Crippen LogP contribution < -0.4 is 10.1 Å². The molecular weight excluding hydrogens is 390 g/mol. The zero-order chi connectivity index (χ0) is 22.6. The molecule has 5 nitrogen and oxygen atoms in total. The summed E-state index contributed by atoms with van der Waals surface area (Å²) in [5.74, 6) is -0.722. The molecule has 0 atom stereocenters. The minimum absolute atomic E-state index is 0.0682. The molecule has 1 amide bonds. The number of hydrogen-bond donors (Lipinski definition) is 2. The van der Waals surface area contributed by atoms with E-state index in [0.29, 0.717) is 17.2 Å². The van der Waals surface area contributed by atoms with Crippen molar-refractivity contribution in [2.24, 2.45) is 0 Å². The van der Waals surface area contributed by atoms with Crippen molar-refractivity contribution < 1.29 is 19.4 Å². The maximum Gasteiger partial charge on any atom is 0.336 e. The number of anilines is 1. The standard InChI is InChI=1S/C26H27NO4/c1-5-17-9-11-20(12-10-17)31-21-13-14-22(23(16-21)25(29)30)24(28)27-19-8-6-7-18(15-19)26(2,3)4/h6-16H,5H2,1-4H3,(H,27,28)(H,29,30). The number of carboxylic acids is 1. The highest BCUT2D eigenvalue weighted by Gasteiger charge is 2.19. The fourth-order valence-electron chi connectivity index (χ4n) is 3.15. The summed E-state index contributed by atoms with van der Waals surface area (Å²) in [7, 11) is 0. The molecule has 3 aromatic carbocycles. The number of carbonyl (C=O) groups excluding carboxylic acids is 1. The third kappa shape index (κ3) is 5.51. The van der Waals surface area contributed by atoms with Gasteiger partial charge in [-0.25, -0.2) is 4.79 Å². The van der Waals surface area contributed by atoms with Crippen molar-refractivity contribution in [2.75, 3.05) is 5.32 Å². The Morgan fingerprint density at radius 1 is 0.903 bits per heavy atom. The van der Waals surface area contributed by atoms with E-state index in [1.807, 2.05) is 42.5 Å². The number of carbonyl (C=O) groups is 2. The van der Waals surface area contributed by atoms with E-state index in [4.69, 9.17) is 4.74 Å². The number of ether oxygens (including phenoxy) is 1. The summed E-state index contributed by atoms with van der Waals surface area (Å²) < 4.78 is 5.78. The zero-order valence-corrected chi connectivity index (χ0v) is 18.2. The second kappa shape index (κ2) is 9.04. The molecule has 0 aliphatic carbocycles. The summed E-state index contributed by atoms with van der Waals surface area (Å²) in [5.41, 5.74) is 2.75. The van der Waals surface area contributed by atoms with Gasteiger partial charge in [-0.05, 0) is 65.4 Å². The Kier molecular flexibility index (Phi) is 6.44. The Bertz CT molecular complexity index is 1100. The van der Waals surface area contributed by atoms with E-state index in [2.05, 4.69) is 33.0 Å². The second-order valence-electron chi connectivity index (χ2n) is 8.40. The maximum absolute atomic E-state index is 12.8. The first kappa shape index (κ1) is 22.1. The second-order valence-corrected chi connectivity index (χ2v) is 8.40. The SMILES string of the molecule is CCc1ccc(Oc2ccc(C(=O)Nc3cccc(C(C)(C)C)c3)c(C(=O)O)c2)cc1. The van der Waals surface area contributed by atoms with Crippen molar-refractivity contribution in [3.8, 4) is 11.5 Å². The third-order valence-electron chi connectivity index (χ3n) is 5.02. The van der Waals surface area contributed by atoms with Gasteiger partial charge in [-0.15, -0.1) is 0 Å². The van der Waals surface area contributed by atoms with E-state index in [1.54, 1.807) is 12.1 Å². The first-order valence-corrected chi connectivity index (χ1v) is 10.2. The van der Waals surface area contributed by atoms with Gasteiger partial charge in [0.2, 0.25) is 0 Å². The lowest BCUT2D eigenvalue weighted by Gasteiger charge is -2.20. The van der Waals surface area contributed by atoms with Crippen LogP contribution in [0.2, 0.25) is 0 Å². The van der Waals surface area contributed by atoms with E-state index in [-0.39, 0.29) is 16.5 Å². The summed E-state index contributed by atoms with van der Waals surface area (Å²) >= 11 is 0. The van der Waals surface area contributed by atoms with E-state index >= 15 is 0 Å². The van der Waals surface area contributed by atoms with E-state index in [0.717, 1.165) is 12.0 Å². The Labute approximate surface area is 182 Å². The average molecular weight is 418 g/mol. The van der Waals surface area contributed by atoms with Crippen LogP contribution in [0.25, 0.3) is 0 Å². The lowest BCUT2D eigenvalue weighted by molar-refractivity contribution is 0.0692. The predicted octanol–water partition coefficient (Wildman–Crippen LogP) is 6.29. The molecule has 0 fully saturated rings. The Balaban J connectivity index is 1.83. The number of aryl methyl sites for hydroxylation is 1. The molecule has 3 rings (SSSR count). The molecule has 3 aromatic rings. The third-order valence-corrected chi connectivity index (χ3v) is 5.02. The Hall–Kier alpha value is -3.60. The van der Waals surface area contributed by atoms with Crippen LogP contribution in [0, 0.1) is 0 Å². The molecule has 0 radical (unpaired) electrons. The van der Waals surface area contributed by atoms with Gasteiger partial charge in [0.1, 0.15) is 11.5 Å². The molecule has 0 bridgehead atoms. The van der Waals surface area contributed by atoms with Crippen LogP contribution in [-0.4, -0.2) is 17.0 Å². The predicted molar refractivity (Wildman–Crippen MR) is 122 cm³/mol. The van der Waals surface area contributed by atoms with Gasteiger partial charge in [-0.3, -0.25) is 4.79 Å². The number of carboxylic acid groups (broad SMARTS) is 1. The summed E-state index contributed by atoms with van der Waals surface area (Å²) in [4.78, 5) is 24.6.